The smallest absolute Gasteiger partial charge is 0.307 e. The van der Waals surface area contributed by atoms with Crippen molar-refractivity contribution >= 4 is 34.2 Å². The van der Waals surface area contributed by atoms with E-state index in [2.05, 4.69) is 0 Å². The first-order valence-electron chi connectivity index (χ1n) is 10.9. The van der Waals surface area contributed by atoms with Crippen molar-refractivity contribution < 1.29 is 29.0 Å². The Labute approximate surface area is 191 Å². The minimum absolute atomic E-state index is 0.144. The third-order valence-electron chi connectivity index (χ3n) is 5.31. The molecule has 3 aromatic rings. The van der Waals surface area contributed by atoms with E-state index in [0.717, 1.165) is 11.3 Å². The Kier molecular flexibility index (Phi) is 6.05. The Balaban J connectivity index is 1.91. The van der Waals surface area contributed by atoms with Crippen molar-refractivity contribution in [1.29, 1.82) is 0 Å². The number of imide groups is 1. The van der Waals surface area contributed by atoms with Gasteiger partial charge in [-0.2, -0.15) is 0 Å². The Hall–Kier alpha value is -3.87. The second-order valence-corrected chi connectivity index (χ2v) is 8.15. The number of benzene rings is 3. The largest absolute Gasteiger partial charge is 0.492 e. The van der Waals surface area contributed by atoms with Crippen molar-refractivity contribution in [2.45, 2.75) is 39.7 Å². The molecule has 1 aliphatic rings. The molecule has 1 heterocycles. The average molecular weight is 447 g/mol. The zero-order valence-corrected chi connectivity index (χ0v) is 18.8. The number of rotatable bonds is 8. The summed E-state index contributed by atoms with van der Waals surface area (Å²) >= 11 is 0. The number of carboxylic acid groups (broad SMARTS) is 1. The van der Waals surface area contributed by atoms with Crippen molar-refractivity contribution in [2.75, 3.05) is 11.5 Å². The minimum Gasteiger partial charge on any atom is -0.492 e. The first-order valence-corrected chi connectivity index (χ1v) is 10.9. The molecule has 0 spiro atoms. The number of aliphatic carboxylic acids is 1. The molecule has 0 bridgehead atoms. The van der Waals surface area contributed by atoms with E-state index in [-0.39, 0.29) is 23.7 Å². The molecule has 2 amide bonds. The number of carbonyl (C=O) groups excluding carboxylic acids is 2. The van der Waals surface area contributed by atoms with Crippen LogP contribution in [0.1, 0.15) is 53.5 Å². The van der Waals surface area contributed by atoms with E-state index in [1.807, 2.05) is 45.0 Å². The molecule has 0 fully saturated rings. The molecule has 7 nitrogen and oxygen atoms in total. The molecule has 1 aliphatic heterocycles. The van der Waals surface area contributed by atoms with Gasteiger partial charge in [0.2, 0.25) is 0 Å². The number of nitrogens with zero attached hydrogens (tertiary/aromatic N) is 1. The summed E-state index contributed by atoms with van der Waals surface area (Å²) in [4.78, 5) is 39.3. The van der Waals surface area contributed by atoms with Crippen LogP contribution in [0.25, 0.3) is 10.8 Å². The van der Waals surface area contributed by atoms with Crippen molar-refractivity contribution in [2.24, 2.45) is 0 Å². The van der Waals surface area contributed by atoms with Crippen LogP contribution in [0.5, 0.6) is 11.5 Å². The fourth-order valence-electron chi connectivity index (χ4n) is 3.98. The van der Waals surface area contributed by atoms with Gasteiger partial charge in [0.25, 0.3) is 11.8 Å². The lowest BCUT2D eigenvalue weighted by atomic mass is 9.98. The van der Waals surface area contributed by atoms with Crippen LogP contribution in [0.4, 0.5) is 5.69 Å². The lowest BCUT2D eigenvalue weighted by Crippen LogP contribution is -2.29. The normalized spacial score (nSPS) is 13.0. The lowest BCUT2D eigenvalue weighted by Gasteiger charge is -2.18. The second-order valence-electron chi connectivity index (χ2n) is 8.15. The third kappa shape index (κ3) is 4.02. The van der Waals surface area contributed by atoms with Gasteiger partial charge in [0.1, 0.15) is 11.5 Å². The molecule has 0 aromatic heterocycles. The summed E-state index contributed by atoms with van der Waals surface area (Å²) < 4.78 is 12.1. The van der Waals surface area contributed by atoms with Crippen molar-refractivity contribution in [1.82, 2.24) is 0 Å². The summed E-state index contributed by atoms with van der Waals surface area (Å²) in [6.45, 7) is 6.09. The molecule has 3 aromatic carbocycles. The summed E-state index contributed by atoms with van der Waals surface area (Å²) in [5, 5.41) is 10.4. The third-order valence-corrected chi connectivity index (χ3v) is 5.31. The van der Waals surface area contributed by atoms with E-state index in [9.17, 15) is 14.4 Å². The summed E-state index contributed by atoms with van der Waals surface area (Å²) in [6, 6.07) is 13.8. The van der Waals surface area contributed by atoms with Crippen LogP contribution >= 0.6 is 0 Å². The van der Waals surface area contributed by atoms with Crippen LogP contribution in [0.2, 0.25) is 0 Å². The zero-order chi connectivity index (χ0) is 23.7. The summed E-state index contributed by atoms with van der Waals surface area (Å²) in [7, 11) is 0. The highest BCUT2D eigenvalue weighted by Gasteiger charge is 2.43. The number of carbonyl (C=O) groups is 3. The van der Waals surface area contributed by atoms with Gasteiger partial charge in [-0.1, -0.05) is 43.3 Å². The highest BCUT2D eigenvalue weighted by molar-refractivity contribution is 6.38. The van der Waals surface area contributed by atoms with Crippen LogP contribution in [0.15, 0.2) is 48.5 Å². The second kappa shape index (κ2) is 8.94. The fraction of sp³-hybridized carbons (Fsp3) is 0.269. The maximum absolute atomic E-state index is 13.6. The topological polar surface area (TPSA) is 93.1 Å². The summed E-state index contributed by atoms with van der Waals surface area (Å²) in [5.74, 6) is -1.21. The predicted octanol–water partition coefficient (Wildman–Crippen LogP) is 4.84. The molecule has 0 saturated heterocycles. The maximum atomic E-state index is 13.6. The zero-order valence-electron chi connectivity index (χ0n) is 18.8. The van der Waals surface area contributed by atoms with E-state index in [1.54, 1.807) is 24.3 Å². The van der Waals surface area contributed by atoms with Crippen LogP contribution in [0, 0.1) is 0 Å². The first kappa shape index (κ1) is 22.3. The molecule has 0 unspecified atom stereocenters. The number of anilines is 1. The molecule has 33 heavy (non-hydrogen) atoms. The molecule has 170 valence electrons. The number of carboxylic acids is 1. The van der Waals surface area contributed by atoms with E-state index < -0.39 is 17.8 Å². The van der Waals surface area contributed by atoms with Crippen LogP contribution < -0.4 is 14.4 Å². The number of hydrogen-bond acceptors (Lipinski definition) is 5. The number of amides is 2. The van der Waals surface area contributed by atoms with Gasteiger partial charge in [-0.15, -0.1) is 0 Å². The molecule has 1 N–H and O–H groups in total. The first-order chi connectivity index (χ1) is 15.8. The molecule has 0 radical (unpaired) electrons. The van der Waals surface area contributed by atoms with Gasteiger partial charge < -0.3 is 14.6 Å². The molecule has 0 aliphatic carbocycles. The van der Waals surface area contributed by atoms with Gasteiger partial charge in [0.05, 0.1) is 35.9 Å². The van der Waals surface area contributed by atoms with Crippen LogP contribution in [-0.2, 0) is 11.2 Å². The van der Waals surface area contributed by atoms with Crippen molar-refractivity contribution in [3.8, 4) is 11.5 Å². The van der Waals surface area contributed by atoms with Gasteiger partial charge in [-0.3, -0.25) is 14.4 Å². The standard InChI is InChI=1S/C26H25NO6/c1-4-13-32-23-18-7-5-6-8-19(18)24(33-15(2)3)22-21(23)25(30)27(26(22)31)17-11-9-16(10-12-17)14-20(28)29/h5-12,15H,4,13-14H2,1-3H3,(H,28,29). The Morgan fingerprint density at radius 3 is 2.06 bits per heavy atom. The number of fused-ring (bicyclic) bond motifs is 2. The Bertz CT molecular complexity index is 1250. The van der Waals surface area contributed by atoms with Gasteiger partial charge in [0, 0.05) is 10.8 Å². The Morgan fingerprint density at radius 2 is 1.52 bits per heavy atom. The number of hydrogen-bond donors (Lipinski definition) is 1. The van der Waals surface area contributed by atoms with Gasteiger partial charge in [-0.05, 0) is 38.0 Å². The van der Waals surface area contributed by atoms with E-state index in [0.29, 0.717) is 40.1 Å². The molecule has 0 atom stereocenters. The van der Waals surface area contributed by atoms with E-state index >= 15 is 0 Å². The van der Waals surface area contributed by atoms with Gasteiger partial charge in [0.15, 0.2) is 0 Å². The quantitative estimate of drug-likeness (QED) is 0.497. The van der Waals surface area contributed by atoms with Gasteiger partial charge >= 0.3 is 5.97 Å². The maximum Gasteiger partial charge on any atom is 0.307 e. The van der Waals surface area contributed by atoms with E-state index in [4.69, 9.17) is 14.6 Å². The Morgan fingerprint density at radius 1 is 0.939 bits per heavy atom. The predicted molar refractivity (Wildman–Crippen MR) is 124 cm³/mol. The molecular weight excluding hydrogens is 422 g/mol. The highest BCUT2D eigenvalue weighted by atomic mass is 16.5. The molecular formula is C26H25NO6. The molecule has 0 saturated carbocycles. The summed E-state index contributed by atoms with van der Waals surface area (Å²) in [6.07, 6.45) is 0.381. The summed E-state index contributed by atoms with van der Waals surface area (Å²) in [5.41, 5.74) is 1.31. The minimum atomic E-state index is -0.955. The molecule has 7 heteroatoms. The lowest BCUT2D eigenvalue weighted by molar-refractivity contribution is -0.136. The van der Waals surface area contributed by atoms with Crippen molar-refractivity contribution in [3.63, 3.8) is 0 Å². The van der Waals surface area contributed by atoms with Crippen LogP contribution in [-0.4, -0.2) is 35.6 Å². The number of ether oxygens (including phenoxy) is 2. The fourth-order valence-corrected chi connectivity index (χ4v) is 3.98. The van der Waals surface area contributed by atoms with Crippen molar-refractivity contribution in [3.05, 3.63) is 65.2 Å². The average Bonchev–Trinajstić information content (AvgIpc) is 3.03. The monoisotopic (exact) mass is 447 g/mol. The highest BCUT2D eigenvalue weighted by Crippen LogP contribution is 2.46. The molecule has 4 rings (SSSR count). The van der Waals surface area contributed by atoms with Gasteiger partial charge in [-0.25, -0.2) is 4.90 Å². The SMILES string of the molecule is CCCOc1c2c(c(OC(C)C)c3ccccc13)C(=O)N(c1ccc(CC(=O)O)cc1)C2=O. The van der Waals surface area contributed by atoms with E-state index in [1.165, 1.54) is 0 Å². The van der Waals surface area contributed by atoms with Crippen LogP contribution in [0.3, 0.4) is 0 Å².